The number of carbonyl (C=O) groups excluding carboxylic acids is 1. The highest BCUT2D eigenvalue weighted by molar-refractivity contribution is 5.75. The number of benzene rings is 2. The molecular weight excluding hydrogens is 398 g/mol. The van der Waals surface area contributed by atoms with Crippen molar-refractivity contribution >= 4 is 5.91 Å². The first kappa shape index (κ1) is 21.9. The molecule has 31 heavy (non-hydrogen) atoms. The molecule has 2 aromatic carbocycles. The number of hydrogen-bond donors (Lipinski definition) is 1. The van der Waals surface area contributed by atoms with Gasteiger partial charge in [-0.25, -0.2) is 4.68 Å². The summed E-state index contributed by atoms with van der Waals surface area (Å²) in [6.45, 7) is 2.93. The predicted molar refractivity (Wildman–Crippen MR) is 117 cm³/mol. The average Bonchev–Trinajstić information content (AvgIpc) is 2.79. The Morgan fingerprint density at radius 1 is 1.00 bits per heavy atom. The van der Waals surface area contributed by atoms with Crippen LogP contribution in [-0.2, 0) is 11.3 Å². The molecule has 1 N–H and O–H groups in total. The quantitative estimate of drug-likeness (QED) is 0.504. The van der Waals surface area contributed by atoms with E-state index in [0.717, 1.165) is 16.0 Å². The number of para-hydroxylation sites is 1. The molecule has 3 aromatic rings. The van der Waals surface area contributed by atoms with Crippen LogP contribution in [0.5, 0.6) is 17.2 Å². The summed E-state index contributed by atoms with van der Waals surface area (Å²) in [5, 5.41) is 7.04. The largest absolute Gasteiger partial charge is 0.496 e. The molecule has 1 heterocycles. The van der Waals surface area contributed by atoms with E-state index in [1.54, 1.807) is 25.3 Å². The topological polar surface area (TPSA) is 91.7 Å². The van der Waals surface area contributed by atoms with Gasteiger partial charge in [-0.15, -0.1) is 0 Å². The first-order chi connectivity index (χ1) is 15.1. The Bertz CT molecular complexity index is 1060. The van der Waals surface area contributed by atoms with Gasteiger partial charge in [0.1, 0.15) is 30.4 Å². The molecule has 0 aliphatic carbocycles. The molecule has 3 rings (SSSR count). The number of ether oxygens (including phenoxy) is 3. The molecule has 0 radical (unpaired) electrons. The van der Waals surface area contributed by atoms with E-state index in [1.165, 1.54) is 6.07 Å². The summed E-state index contributed by atoms with van der Waals surface area (Å²) in [4.78, 5) is 24.4. The molecule has 0 unspecified atom stereocenters. The minimum Gasteiger partial charge on any atom is -0.496 e. The zero-order valence-corrected chi connectivity index (χ0v) is 17.5. The first-order valence-corrected chi connectivity index (χ1v) is 9.94. The SMILES string of the molecule is CCOc1ccc(OCCNC(=O)Cn2nc(-c3ccccc3OC)ccc2=O)cc1. The third kappa shape index (κ3) is 6.08. The minimum absolute atomic E-state index is 0.190. The molecule has 0 saturated heterocycles. The molecule has 0 fully saturated rings. The molecule has 0 bridgehead atoms. The third-order valence-electron chi connectivity index (χ3n) is 4.37. The van der Waals surface area contributed by atoms with Gasteiger partial charge in [-0.2, -0.15) is 5.10 Å². The van der Waals surface area contributed by atoms with Gasteiger partial charge in [0.2, 0.25) is 5.91 Å². The van der Waals surface area contributed by atoms with Crippen molar-refractivity contribution in [3.05, 3.63) is 71.0 Å². The maximum Gasteiger partial charge on any atom is 0.267 e. The summed E-state index contributed by atoms with van der Waals surface area (Å²) in [6, 6.07) is 17.6. The molecule has 8 nitrogen and oxygen atoms in total. The lowest BCUT2D eigenvalue weighted by Gasteiger charge is -2.11. The van der Waals surface area contributed by atoms with Crippen molar-refractivity contribution in [2.45, 2.75) is 13.5 Å². The van der Waals surface area contributed by atoms with Crippen molar-refractivity contribution in [3.63, 3.8) is 0 Å². The average molecular weight is 423 g/mol. The van der Waals surface area contributed by atoms with E-state index >= 15 is 0 Å². The number of aromatic nitrogens is 2. The number of nitrogens with one attached hydrogen (secondary N) is 1. The summed E-state index contributed by atoms with van der Waals surface area (Å²) in [6.07, 6.45) is 0. The Morgan fingerprint density at radius 2 is 1.71 bits per heavy atom. The van der Waals surface area contributed by atoms with Crippen LogP contribution in [0.2, 0.25) is 0 Å². The maximum absolute atomic E-state index is 12.3. The monoisotopic (exact) mass is 423 g/mol. The van der Waals surface area contributed by atoms with Crippen LogP contribution in [-0.4, -0.2) is 42.6 Å². The normalized spacial score (nSPS) is 10.4. The summed E-state index contributed by atoms with van der Waals surface area (Å²) >= 11 is 0. The van der Waals surface area contributed by atoms with Crippen molar-refractivity contribution in [2.24, 2.45) is 0 Å². The fourth-order valence-electron chi connectivity index (χ4n) is 2.91. The molecule has 0 atom stereocenters. The second kappa shape index (κ2) is 10.8. The van der Waals surface area contributed by atoms with Crippen LogP contribution >= 0.6 is 0 Å². The van der Waals surface area contributed by atoms with E-state index in [4.69, 9.17) is 14.2 Å². The number of amides is 1. The van der Waals surface area contributed by atoms with Crippen molar-refractivity contribution in [1.82, 2.24) is 15.1 Å². The van der Waals surface area contributed by atoms with Gasteiger partial charge in [0.15, 0.2) is 0 Å². The fraction of sp³-hybridized carbons (Fsp3) is 0.261. The van der Waals surface area contributed by atoms with Gasteiger partial charge < -0.3 is 19.5 Å². The highest BCUT2D eigenvalue weighted by atomic mass is 16.5. The van der Waals surface area contributed by atoms with Crippen LogP contribution in [0.3, 0.4) is 0 Å². The Labute approximate surface area is 180 Å². The lowest BCUT2D eigenvalue weighted by Crippen LogP contribution is -2.35. The third-order valence-corrected chi connectivity index (χ3v) is 4.37. The molecule has 162 valence electrons. The fourth-order valence-corrected chi connectivity index (χ4v) is 2.91. The molecular formula is C23H25N3O5. The molecule has 1 aromatic heterocycles. The number of methoxy groups -OCH3 is 1. The van der Waals surface area contributed by atoms with Gasteiger partial charge >= 0.3 is 0 Å². The molecule has 0 aliphatic heterocycles. The van der Waals surface area contributed by atoms with Crippen LogP contribution in [0.15, 0.2) is 65.5 Å². The van der Waals surface area contributed by atoms with Crippen molar-refractivity contribution in [1.29, 1.82) is 0 Å². The second-order valence-electron chi connectivity index (χ2n) is 6.52. The predicted octanol–water partition coefficient (Wildman–Crippen LogP) is 2.51. The highest BCUT2D eigenvalue weighted by Gasteiger charge is 2.10. The number of carbonyl (C=O) groups is 1. The van der Waals surface area contributed by atoms with Crippen LogP contribution in [0.25, 0.3) is 11.3 Å². The van der Waals surface area contributed by atoms with E-state index in [1.807, 2.05) is 43.3 Å². The van der Waals surface area contributed by atoms with E-state index in [2.05, 4.69) is 10.4 Å². The summed E-state index contributed by atoms with van der Waals surface area (Å²) in [7, 11) is 1.57. The number of nitrogens with zero attached hydrogens (tertiary/aromatic N) is 2. The highest BCUT2D eigenvalue weighted by Crippen LogP contribution is 2.27. The smallest absolute Gasteiger partial charge is 0.267 e. The number of hydrogen-bond acceptors (Lipinski definition) is 6. The first-order valence-electron chi connectivity index (χ1n) is 9.94. The van der Waals surface area contributed by atoms with E-state index < -0.39 is 0 Å². The van der Waals surface area contributed by atoms with Gasteiger partial charge in [-0.3, -0.25) is 9.59 Å². The number of rotatable bonds is 10. The summed E-state index contributed by atoms with van der Waals surface area (Å²) in [5.74, 6) is 1.76. The van der Waals surface area contributed by atoms with Gasteiger partial charge in [0, 0.05) is 11.6 Å². The van der Waals surface area contributed by atoms with Gasteiger partial charge in [-0.05, 0) is 49.4 Å². The maximum atomic E-state index is 12.3. The van der Waals surface area contributed by atoms with E-state index in [9.17, 15) is 9.59 Å². The molecule has 8 heteroatoms. The van der Waals surface area contributed by atoms with Crippen LogP contribution in [0, 0.1) is 0 Å². The van der Waals surface area contributed by atoms with Gasteiger partial charge in [-0.1, -0.05) is 12.1 Å². The van der Waals surface area contributed by atoms with E-state index in [0.29, 0.717) is 37.0 Å². The molecule has 0 saturated carbocycles. The molecule has 1 amide bonds. The summed E-state index contributed by atoms with van der Waals surface area (Å²) < 4.78 is 17.5. The Balaban J connectivity index is 1.54. The Morgan fingerprint density at radius 3 is 2.42 bits per heavy atom. The Kier molecular flexibility index (Phi) is 7.64. The van der Waals surface area contributed by atoms with Crippen molar-refractivity contribution in [2.75, 3.05) is 26.9 Å². The lowest BCUT2D eigenvalue weighted by atomic mass is 10.1. The second-order valence-corrected chi connectivity index (χ2v) is 6.52. The minimum atomic E-state index is -0.362. The van der Waals surface area contributed by atoms with Gasteiger partial charge in [0.05, 0.1) is 26.0 Å². The van der Waals surface area contributed by atoms with Crippen LogP contribution in [0.1, 0.15) is 6.92 Å². The molecule has 0 aliphatic rings. The van der Waals surface area contributed by atoms with E-state index in [-0.39, 0.29) is 18.0 Å². The Hall–Kier alpha value is -3.81. The van der Waals surface area contributed by atoms with Crippen molar-refractivity contribution < 1.29 is 19.0 Å². The lowest BCUT2D eigenvalue weighted by molar-refractivity contribution is -0.122. The summed E-state index contributed by atoms with van der Waals surface area (Å²) in [5.41, 5.74) is 0.922. The van der Waals surface area contributed by atoms with Gasteiger partial charge in [0.25, 0.3) is 5.56 Å². The van der Waals surface area contributed by atoms with Crippen molar-refractivity contribution in [3.8, 4) is 28.5 Å². The van der Waals surface area contributed by atoms with Crippen LogP contribution in [0.4, 0.5) is 0 Å². The zero-order chi connectivity index (χ0) is 22.1. The van der Waals surface area contributed by atoms with Crippen LogP contribution < -0.4 is 25.1 Å². The standard InChI is InChI=1S/C23H25N3O5/c1-3-30-17-8-10-18(11-9-17)31-15-14-24-22(27)16-26-23(28)13-12-20(25-26)19-6-4-5-7-21(19)29-2/h4-13H,3,14-16H2,1-2H3,(H,24,27). The molecule has 0 spiro atoms. The zero-order valence-electron chi connectivity index (χ0n) is 17.5.